The molecule has 1 aromatic carbocycles. The highest BCUT2D eigenvalue weighted by molar-refractivity contribution is 5.95. The second-order valence-electron chi connectivity index (χ2n) is 5.34. The van der Waals surface area contributed by atoms with Crippen LogP contribution >= 0.6 is 0 Å². The fourth-order valence-electron chi connectivity index (χ4n) is 2.37. The summed E-state index contributed by atoms with van der Waals surface area (Å²) in [5.41, 5.74) is 0.500. The SMILES string of the molecule is CC1=C(C(=O)OC(C)C)[C@H](c2ccccc2[N+](=O)[O-])NC(=O)N1. The number of hydrogen-bond donors (Lipinski definition) is 2. The predicted octanol–water partition coefficient (Wildman–Crippen LogP) is 2.17. The summed E-state index contributed by atoms with van der Waals surface area (Å²) in [5.74, 6) is -0.631. The summed E-state index contributed by atoms with van der Waals surface area (Å²) < 4.78 is 5.19. The molecule has 122 valence electrons. The molecule has 0 aromatic heterocycles. The van der Waals surface area contributed by atoms with Gasteiger partial charge >= 0.3 is 12.0 Å². The number of urea groups is 1. The molecule has 1 heterocycles. The Morgan fingerprint density at radius 3 is 2.61 bits per heavy atom. The fourth-order valence-corrected chi connectivity index (χ4v) is 2.37. The van der Waals surface area contributed by atoms with Gasteiger partial charge in [-0.3, -0.25) is 10.1 Å². The minimum absolute atomic E-state index is 0.146. The molecule has 0 bridgehead atoms. The maximum Gasteiger partial charge on any atom is 0.338 e. The third-order valence-electron chi connectivity index (χ3n) is 3.28. The van der Waals surface area contributed by atoms with E-state index in [-0.39, 0.29) is 22.9 Å². The highest BCUT2D eigenvalue weighted by atomic mass is 16.6. The number of nitro benzene ring substituents is 1. The summed E-state index contributed by atoms with van der Waals surface area (Å²) in [4.78, 5) is 34.8. The van der Waals surface area contributed by atoms with Crippen molar-refractivity contribution in [3.05, 3.63) is 51.2 Å². The number of benzene rings is 1. The molecule has 1 aliphatic heterocycles. The van der Waals surface area contributed by atoms with Crippen molar-refractivity contribution in [3.63, 3.8) is 0 Å². The van der Waals surface area contributed by atoms with Crippen molar-refractivity contribution < 1.29 is 19.2 Å². The molecule has 23 heavy (non-hydrogen) atoms. The molecule has 8 nitrogen and oxygen atoms in total. The molecule has 0 spiro atoms. The van der Waals surface area contributed by atoms with Gasteiger partial charge in [-0.1, -0.05) is 12.1 Å². The van der Waals surface area contributed by atoms with E-state index in [9.17, 15) is 19.7 Å². The van der Waals surface area contributed by atoms with Crippen molar-refractivity contribution in [3.8, 4) is 0 Å². The first kappa shape index (κ1) is 16.5. The van der Waals surface area contributed by atoms with Crippen LogP contribution in [0.2, 0.25) is 0 Å². The minimum atomic E-state index is -0.948. The smallest absolute Gasteiger partial charge is 0.338 e. The molecule has 0 radical (unpaired) electrons. The van der Waals surface area contributed by atoms with Gasteiger partial charge in [-0.15, -0.1) is 0 Å². The van der Waals surface area contributed by atoms with E-state index in [1.54, 1.807) is 26.8 Å². The van der Waals surface area contributed by atoms with Crippen molar-refractivity contribution in [1.82, 2.24) is 10.6 Å². The third-order valence-corrected chi connectivity index (χ3v) is 3.28. The van der Waals surface area contributed by atoms with Crippen molar-refractivity contribution in [1.29, 1.82) is 0 Å². The van der Waals surface area contributed by atoms with Gasteiger partial charge in [0.25, 0.3) is 5.69 Å². The van der Waals surface area contributed by atoms with Gasteiger partial charge in [0.15, 0.2) is 0 Å². The molecular formula is C15H17N3O5. The van der Waals surface area contributed by atoms with Crippen LogP contribution in [0.4, 0.5) is 10.5 Å². The molecule has 1 atom stereocenters. The second kappa shape index (κ2) is 6.47. The topological polar surface area (TPSA) is 111 Å². The summed E-state index contributed by atoms with van der Waals surface area (Å²) in [6.45, 7) is 4.95. The second-order valence-corrected chi connectivity index (χ2v) is 5.34. The van der Waals surface area contributed by atoms with Crippen LogP contribution in [0.15, 0.2) is 35.5 Å². The van der Waals surface area contributed by atoms with E-state index in [1.807, 2.05) is 0 Å². The van der Waals surface area contributed by atoms with Gasteiger partial charge in [0, 0.05) is 11.8 Å². The van der Waals surface area contributed by atoms with Crippen LogP contribution in [0.5, 0.6) is 0 Å². The average molecular weight is 319 g/mol. The fraction of sp³-hybridized carbons (Fsp3) is 0.333. The summed E-state index contributed by atoms with van der Waals surface area (Å²) in [5, 5.41) is 16.3. The molecule has 1 aliphatic rings. The van der Waals surface area contributed by atoms with Crippen LogP contribution in [0.3, 0.4) is 0 Å². The lowest BCUT2D eigenvalue weighted by Crippen LogP contribution is -2.45. The van der Waals surface area contributed by atoms with Crippen LogP contribution in [0.25, 0.3) is 0 Å². The Labute approximate surface area is 132 Å². The number of nitrogens with zero attached hydrogens (tertiary/aromatic N) is 1. The Hall–Kier alpha value is -2.90. The first-order valence-corrected chi connectivity index (χ1v) is 7.03. The molecule has 2 amide bonds. The Bertz CT molecular complexity index is 696. The molecule has 0 aliphatic carbocycles. The summed E-state index contributed by atoms with van der Waals surface area (Å²) >= 11 is 0. The van der Waals surface area contributed by atoms with Crippen LogP contribution < -0.4 is 10.6 Å². The zero-order chi connectivity index (χ0) is 17.1. The molecular weight excluding hydrogens is 302 g/mol. The van der Waals surface area contributed by atoms with Gasteiger partial charge in [0.2, 0.25) is 0 Å². The Balaban J connectivity index is 2.54. The normalized spacial score (nSPS) is 17.6. The van der Waals surface area contributed by atoms with Crippen molar-refractivity contribution in [2.45, 2.75) is 32.9 Å². The van der Waals surface area contributed by atoms with E-state index in [2.05, 4.69) is 10.6 Å². The highest BCUT2D eigenvalue weighted by Gasteiger charge is 2.35. The van der Waals surface area contributed by atoms with Crippen LogP contribution in [0, 0.1) is 10.1 Å². The van der Waals surface area contributed by atoms with E-state index >= 15 is 0 Å². The molecule has 0 saturated heterocycles. The number of allylic oxidation sites excluding steroid dienone is 1. The number of hydrogen-bond acceptors (Lipinski definition) is 5. The monoisotopic (exact) mass is 319 g/mol. The molecule has 0 saturated carbocycles. The Morgan fingerprint density at radius 2 is 2.00 bits per heavy atom. The number of para-hydroxylation sites is 1. The van der Waals surface area contributed by atoms with Gasteiger partial charge in [0.1, 0.15) is 0 Å². The first-order valence-electron chi connectivity index (χ1n) is 7.03. The molecule has 8 heteroatoms. The van der Waals surface area contributed by atoms with Crippen LogP contribution in [-0.2, 0) is 9.53 Å². The van der Waals surface area contributed by atoms with Crippen LogP contribution in [-0.4, -0.2) is 23.0 Å². The zero-order valence-electron chi connectivity index (χ0n) is 13.0. The number of amides is 2. The molecule has 0 fully saturated rings. The maximum atomic E-state index is 12.3. The average Bonchev–Trinajstić information content (AvgIpc) is 2.45. The Morgan fingerprint density at radius 1 is 1.35 bits per heavy atom. The van der Waals surface area contributed by atoms with Gasteiger partial charge in [0.05, 0.1) is 28.2 Å². The molecule has 1 aromatic rings. The summed E-state index contributed by atoms with van der Waals surface area (Å²) in [6.07, 6.45) is -0.355. The number of nitro groups is 1. The van der Waals surface area contributed by atoms with E-state index in [0.29, 0.717) is 5.70 Å². The van der Waals surface area contributed by atoms with E-state index < -0.39 is 23.0 Å². The summed E-state index contributed by atoms with van der Waals surface area (Å²) in [6, 6.07) is 4.47. The zero-order valence-corrected chi connectivity index (χ0v) is 13.0. The van der Waals surface area contributed by atoms with E-state index in [0.717, 1.165) is 0 Å². The minimum Gasteiger partial charge on any atom is -0.459 e. The van der Waals surface area contributed by atoms with Gasteiger partial charge in [-0.25, -0.2) is 9.59 Å². The number of carbonyl (C=O) groups is 2. The standard InChI is InChI=1S/C15H17N3O5/c1-8(2)23-14(19)12-9(3)16-15(20)17-13(12)10-6-4-5-7-11(10)18(21)22/h4-8,13H,1-3H3,(H2,16,17,20)/t13-/m0/s1. The first-order chi connectivity index (χ1) is 10.8. The summed E-state index contributed by atoms with van der Waals surface area (Å²) in [7, 11) is 0. The largest absolute Gasteiger partial charge is 0.459 e. The molecule has 2 N–H and O–H groups in total. The van der Waals surface area contributed by atoms with E-state index in [1.165, 1.54) is 18.2 Å². The predicted molar refractivity (Wildman–Crippen MR) is 81.4 cm³/mol. The molecule has 2 rings (SSSR count). The third kappa shape index (κ3) is 3.47. The maximum absolute atomic E-state index is 12.3. The van der Waals surface area contributed by atoms with Gasteiger partial charge < -0.3 is 15.4 Å². The Kier molecular flexibility index (Phi) is 4.63. The van der Waals surface area contributed by atoms with Crippen LogP contribution in [0.1, 0.15) is 32.4 Å². The molecule has 0 unspecified atom stereocenters. The number of carbonyl (C=O) groups excluding carboxylic acids is 2. The van der Waals surface area contributed by atoms with Crippen molar-refractivity contribution in [2.75, 3.05) is 0 Å². The van der Waals surface area contributed by atoms with Gasteiger partial charge in [-0.05, 0) is 26.8 Å². The number of esters is 1. The lowest BCUT2D eigenvalue weighted by molar-refractivity contribution is -0.385. The van der Waals surface area contributed by atoms with Crippen molar-refractivity contribution in [2.24, 2.45) is 0 Å². The van der Waals surface area contributed by atoms with E-state index in [4.69, 9.17) is 4.74 Å². The van der Waals surface area contributed by atoms with Gasteiger partial charge in [-0.2, -0.15) is 0 Å². The number of nitrogens with one attached hydrogen (secondary N) is 2. The lowest BCUT2D eigenvalue weighted by atomic mass is 9.94. The number of ether oxygens (including phenoxy) is 1. The highest BCUT2D eigenvalue weighted by Crippen LogP contribution is 2.33. The quantitative estimate of drug-likeness (QED) is 0.502. The lowest BCUT2D eigenvalue weighted by Gasteiger charge is -2.28. The number of rotatable bonds is 4. The van der Waals surface area contributed by atoms with Crippen molar-refractivity contribution >= 4 is 17.7 Å².